The van der Waals surface area contributed by atoms with E-state index >= 15 is 0 Å². The molecule has 2 aliphatic heterocycles. The average Bonchev–Trinajstić information content (AvgIpc) is 1.56. The number of hydrogen-bond acceptors (Lipinski definition) is 6. The van der Waals surface area contributed by atoms with Crippen LogP contribution in [0.25, 0.3) is 154 Å². The Kier molecular flexibility index (Phi) is 21.2. The van der Waals surface area contributed by atoms with Crippen LogP contribution in [0, 0.1) is 0 Å². The molecule has 12 nitrogen and oxygen atoms in total. The summed E-state index contributed by atoms with van der Waals surface area (Å²) >= 11 is 0. The van der Waals surface area contributed by atoms with Gasteiger partial charge in [0.2, 0.25) is 0 Å². The largest absolute Gasteiger partial charge is 0.493 e. The van der Waals surface area contributed by atoms with Crippen molar-refractivity contribution in [3.05, 3.63) is 316 Å². The minimum atomic E-state index is 0.547. The maximum absolute atomic E-state index is 7.02. The fraction of sp³-hybridized carbons (Fsp3) is 0.192. The van der Waals surface area contributed by atoms with Gasteiger partial charge in [-0.2, -0.15) is 0 Å². The molecule has 2 N–H and O–H groups in total. The minimum Gasteiger partial charge on any atom is -0.493 e. The number of rotatable bonds is 30. The summed E-state index contributed by atoms with van der Waals surface area (Å²) < 4.78 is 37.1. The molecule has 0 atom stereocenters. The Balaban J connectivity index is 0.848. The topological polar surface area (TPSA) is 110 Å². The van der Waals surface area contributed by atoms with Gasteiger partial charge < -0.3 is 28.9 Å². The van der Waals surface area contributed by atoms with Crippen LogP contribution in [0.1, 0.15) is 77.0 Å². The van der Waals surface area contributed by atoms with E-state index in [1.165, 1.54) is 0 Å². The SMILES string of the molecule is c1cc[n+](CCCCCOc2cc(OCCCCC[n+]3ccccc3)cc(-c3c4nc(cc5[nH]c(c(-c6cc(OCCCCC[n+]7ccccc7)cc(OCCCCC[n+]7ccccc7)c6)c6nc(cc7[nH]c3c3cc8ccccc8cc73)-c3cc7ccccc7cc3-6)c3cc6ccccc6cc53)-c3cc5ccccc5cc3-4)c2)cc1. The zero-order valence-corrected chi connectivity index (χ0v) is 65.5. The average molecular weight is 1520 g/mol. The van der Waals surface area contributed by atoms with Gasteiger partial charge in [-0.15, -0.1) is 0 Å². The van der Waals surface area contributed by atoms with E-state index < -0.39 is 0 Å². The Morgan fingerprint density at radius 1 is 0.241 bits per heavy atom. The van der Waals surface area contributed by atoms with Crippen LogP contribution >= 0.6 is 0 Å². The summed E-state index contributed by atoms with van der Waals surface area (Å²) in [5, 5.41) is 13.2. The van der Waals surface area contributed by atoms with Gasteiger partial charge in [0, 0.05) is 152 Å². The predicted octanol–water partition coefficient (Wildman–Crippen LogP) is 23.4. The lowest BCUT2D eigenvalue weighted by Crippen LogP contribution is -2.32. The first-order valence-electron chi connectivity index (χ1n) is 41.6. The van der Waals surface area contributed by atoms with Crippen molar-refractivity contribution in [2.24, 2.45) is 0 Å². The first kappa shape index (κ1) is 72.9. The lowest BCUT2D eigenvalue weighted by molar-refractivity contribution is -0.697. The highest BCUT2D eigenvalue weighted by Crippen LogP contribution is 2.51. The number of H-pyrrole nitrogens is 2. The minimum absolute atomic E-state index is 0.547. The summed E-state index contributed by atoms with van der Waals surface area (Å²) in [6.45, 7) is 5.99. The number of hydrogen-bond donors (Lipinski definition) is 2. The molecule has 9 heterocycles. The number of pyridine rings is 4. The summed E-state index contributed by atoms with van der Waals surface area (Å²) in [6, 6.07) is 96.5. The van der Waals surface area contributed by atoms with Gasteiger partial charge in [0.05, 0.1) is 60.2 Å². The van der Waals surface area contributed by atoms with Gasteiger partial charge in [-0.25, -0.2) is 28.2 Å². The second kappa shape index (κ2) is 33.8. The zero-order valence-electron chi connectivity index (χ0n) is 65.5. The molecule has 17 aromatic rings. The van der Waals surface area contributed by atoms with Gasteiger partial charge in [0.1, 0.15) is 49.2 Å². The Labute approximate surface area is 676 Å². The molecule has 7 aromatic heterocycles. The Bertz CT molecular complexity index is 6090. The van der Waals surface area contributed by atoms with Gasteiger partial charge in [-0.05, 0) is 191 Å². The van der Waals surface area contributed by atoms with Crippen molar-refractivity contribution in [1.29, 1.82) is 0 Å². The quantitative estimate of drug-likeness (QED) is 0.0343. The molecule has 19 rings (SSSR count). The smallest absolute Gasteiger partial charge is 0.168 e. The van der Waals surface area contributed by atoms with E-state index in [2.05, 4.69) is 345 Å². The highest BCUT2D eigenvalue weighted by molar-refractivity contribution is 6.21. The summed E-state index contributed by atoms with van der Waals surface area (Å²) in [5.41, 5.74) is 14.8. The Morgan fingerprint density at radius 2 is 0.509 bits per heavy atom. The van der Waals surface area contributed by atoms with E-state index in [4.69, 9.17) is 28.9 Å². The third-order valence-electron chi connectivity index (χ3n) is 23.0. The van der Waals surface area contributed by atoms with Crippen LogP contribution < -0.4 is 37.2 Å². The van der Waals surface area contributed by atoms with Crippen molar-refractivity contribution in [3.63, 3.8) is 0 Å². The van der Waals surface area contributed by atoms with E-state index in [9.17, 15) is 0 Å². The fourth-order valence-corrected chi connectivity index (χ4v) is 17.1. The lowest BCUT2D eigenvalue weighted by Gasteiger charge is -2.15. The molecule has 0 saturated heterocycles. The summed E-state index contributed by atoms with van der Waals surface area (Å²) in [6.07, 6.45) is 29.0. The summed E-state index contributed by atoms with van der Waals surface area (Å²) in [5.74, 6) is 2.97. The maximum Gasteiger partial charge on any atom is 0.168 e. The number of ether oxygens (including phenoxy) is 4. The molecule has 0 fully saturated rings. The standard InChI is InChI=1S/C104H94N8O4/c1-17-41-109(42-18-1)49-25-5-29-53-113-83-57-81(58-84(69-83)114-54-30-6-26-50-110-43-19-2-20-44-110)99-101-91-65-77-37-13-9-33-73(77)61-87(91)95(105-101)71-97-89-63-75-35-11-15-39-79(75)67-93(89)103(107-97)100(82-59-85(115-55-31-7-27-51-111-45-21-3-22-46-111)70-86(60-82)116-56-32-8-28-52-112-47-23-4-24-48-112)104-94-68-80-40-16-12-36-76(80)64-90(94)98(108-104)72-96-88-62-74-34-10-14-38-78(74)66-92(88)102(99)106-96/h1-4,9-24,33-48,57-72,105,108H,5-8,25-32,49-56H2/q+4. The highest BCUT2D eigenvalue weighted by atomic mass is 16.5. The molecule has 0 aliphatic carbocycles. The van der Waals surface area contributed by atoms with Crippen LogP contribution in [0.3, 0.4) is 0 Å². The van der Waals surface area contributed by atoms with Crippen LogP contribution in [0.4, 0.5) is 0 Å². The van der Waals surface area contributed by atoms with Crippen molar-refractivity contribution < 1.29 is 37.2 Å². The molecule has 570 valence electrons. The van der Waals surface area contributed by atoms with Gasteiger partial charge in [0.15, 0.2) is 49.6 Å². The summed E-state index contributed by atoms with van der Waals surface area (Å²) in [7, 11) is 0. The van der Waals surface area contributed by atoms with Crippen LogP contribution in [0.15, 0.2) is 316 Å². The van der Waals surface area contributed by atoms with Crippen molar-refractivity contribution in [2.45, 2.75) is 103 Å². The number of nitrogens with zero attached hydrogens (tertiary/aromatic N) is 6. The number of fused-ring (bicyclic) bond motifs is 24. The van der Waals surface area contributed by atoms with Crippen molar-refractivity contribution in [1.82, 2.24) is 19.9 Å². The van der Waals surface area contributed by atoms with E-state index in [1.807, 2.05) is 0 Å². The molecule has 0 saturated carbocycles. The van der Waals surface area contributed by atoms with Crippen molar-refractivity contribution >= 4 is 86.7 Å². The third-order valence-corrected chi connectivity index (χ3v) is 23.0. The first-order chi connectivity index (χ1) is 57.5. The van der Waals surface area contributed by atoms with Crippen LogP contribution in [-0.4, -0.2) is 46.4 Å². The predicted molar refractivity (Wildman–Crippen MR) is 470 cm³/mol. The van der Waals surface area contributed by atoms with Crippen LogP contribution in [-0.2, 0) is 26.2 Å². The molecule has 10 aromatic carbocycles. The van der Waals surface area contributed by atoms with Crippen LogP contribution in [0.2, 0.25) is 0 Å². The molecular formula is C104H94N8O4+4. The zero-order chi connectivity index (χ0) is 77.4. The van der Waals surface area contributed by atoms with E-state index in [0.717, 1.165) is 280 Å². The molecule has 116 heavy (non-hydrogen) atoms. The molecular weight excluding hydrogens is 1430 g/mol. The Hall–Kier alpha value is -13.3. The number of nitrogens with one attached hydrogen (secondary N) is 2. The number of aromatic nitrogens is 8. The number of unbranched alkanes of at least 4 members (excludes halogenated alkanes) is 8. The number of aromatic amines is 2. The highest BCUT2D eigenvalue weighted by Gasteiger charge is 2.29. The second-order valence-electron chi connectivity index (χ2n) is 31.0. The fourth-order valence-electron chi connectivity index (χ4n) is 17.1. The third kappa shape index (κ3) is 15.9. The van der Waals surface area contributed by atoms with E-state index in [0.29, 0.717) is 26.4 Å². The van der Waals surface area contributed by atoms with Crippen molar-refractivity contribution in [3.8, 4) is 90.3 Å². The number of benzene rings is 10. The molecule has 12 heteroatoms. The molecule has 8 bridgehead atoms. The molecule has 0 radical (unpaired) electrons. The molecule has 0 amide bonds. The van der Waals surface area contributed by atoms with E-state index in [-0.39, 0.29) is 0 Å². The molecule has 0 unspecified atom stereocenters. The van der Waals surface area contributed by atoms with Gasteiger partial charge in [-0.1, -0.05) is 121 Å². The monoisotopic (exact) mass is 1520 g/mol. The molecule has 2 aliphatic rings. The maximum atomic E-state index is 7.02. The van der Waals surface area contributed by atoms with E-state index in [1.54, 1.807) is 0 Å². The normalized spacial score (nSPS) is 11.8. The van der Waals surface area contributed by atoms with Gasteiger partial charge in [-0.3, -0.25) is 0 Å². The number of aryl methyl sites for hydroxylation is 4. The van der Waals surface area contributed by atoms with Crippen LogP contribution in [0.5, 0.6) is 23.0 Å². The first-order valence-corrected chi connectivity index (χ1v) is 41.6. The van der Waals surface area contributed by atoms with Gasteiger partial charge in [0.25, 0.3) is 0 Å². The van der Waals surface area contributed by atoms with Gasteiger partial charge >= 0.3 is 0 Å². The second-order valence-corrected chi connectivity index (χ2v) is 31.0. The lowest BCUT2D eigenvalue weighted by atomic mass is 9.93. The molecule has 0 spiro atoms. The summed E-state index contributed by atoms with van der Waals surface area (Å²) in [4.78, 5) is 20.8. The van der Waals surface area contributed by atoms with Crippen molar-refractivity contribution in [2.75, 3.05) is 26.4 Å². The Morgan fingerprint density at radius 3 is 0.802 bits per heavy atom.